The minimum atomic E-state index is -0.632. The van der Waals surface area contributed by atoms with Crippen molar-refractivity contribution >= 4 is 31.9 Å². The molecule has 0 saturated carbocycles. The Morgan fingerprint density at radius 2 is 1.70 bits per heavy atom. The molecule has 3 aliphatic heterocycles. The zero-order valence-corrected chi connectivity index (χ0v) is 15.0. The topological polar surface area (TPSA) is 46.2 Å². The number of ether oxygens (including phenoxy) is 5. The highest BCUT2D eigenvalue weighted by atomic mass is 79.9. The summed E-state index contributed by atoms with van der Waals surface area (Å²) in [6.07, 6.45) is -0.862. The molecule has 3 heterocycles. The third-order valence-corrected chi connectivity index (χ3v) is 4.34. The van der Waals surface area contributed by atoms with Crippen molar-refractivity contribution in [1.82, 2.24) is 0 Å². The SMILES string of the molecule is CC1(C)O[C@H]2[C@@H]([C@H]3COC(C)(C)O3)OC(=C(Br)Br)[C@H]2O1. The van der Waals surface area contributed by atoms with E-state index in [-0.39, 0.29) is 24.4 Å². The van der Waals surface area contributed by atoms with Gasteiger partial charge in [0.15, 0.2) is 17.7 Å². The Bertz CT molecular complexity index is 444. The fourth-order valence-electron chi connectivity index (χ4n) is 2.83. The van der Waals surface area contributed by atoms with Crippen molar-refractivity contribution in [3.05, 3.63) is 9.15 Å². The van der Waals surface area contributed by atoms with Gasteiger partial charge in [0.1, 0.15) is 27.5 Å². The van der Waals surface area contributed by atoms with Gasteiger partial charge in [0.05, 0.1) is 6.61 Å². The van der Waals surface area contributed by atoms with E-state index in [1.54, 1.807) is 0 Å². The first-order chi connectivity index (χ1) is 9.19. The molecule has 0 aliphatic carbocycles. The second-order valence-corrected chi connectivity index (χ2v) is 8.75. The van der Waals surface area contributed by atoms with E-state index in [2.05, 4.69) is 31.9 Å². The van der Waals surface area contributed by atoms with E-state index in [0.29, 0.717) is 12.4 Å². The molecule has 7 heteroatoms. The lowest BCUT2D eigenvalue weighted by Gasteiger charge is -2.26. The summed E-state index contributed by atoms with van der Waals surface area (Å²) in [5, 5.41) is 0. The molecule has 20 heavy (non-hydrogen) atoms. The first-order valence-corrected chi connectivity index (χ1v) is 8.16. The quantitative estimate of drug-likeness (QED) is 0.661. The lowest BCUT2D eigenvalue weighted by Crippen LogP contribution is -2.40. The summed E-state index contributed by atoms with van der Waals surface area (Å²) >= 11 is 6.79. The maximum Gasteiger partial charge on any atom is 0.164 e. The second-order valence-electron chi connectivity index (χ2n) is 6.10. The van der Waals surface area contributed by atoms with Gasteiger partial charge < -0.3 is 23.7 Å². The zero-order chi connectivity index (χ0) is 14.7. The molecule has 5 nitrogen and oxygen atoms in total. The van der Waals surface area contributed by atoms with Crippen LogP contribution in [0.2, 0.25) is 0 Å². The Labute approximate surface area is 135 Å². The molecule has 0 bridgehead atoms. The van der Waals surface area contributed by atoms with Gasteiger partial charge in [-0.05, 0) is 59.6 Å². The van der Waals surface area contributed by atoms with E-state index >= 15 is 0 Å². The minimum absolute atomic E-state index is 0.174. The molecule has 0 amide bonds. The molecule has 0 N–H and O–H groups in total. The Morgan fingerprint density at radius 1 is 1.00 bits per heavy atom. The van der Waals surface area contributed by atoms with Crippen molar-refractivity contribution in [3.8, 4) is 0 Å². The standard InChI is InChI=1S/C13H18Br2O5/c1-12(2)16-5-6(18-12)7-8-9(10(17-7)11(14)15)20-13(3,4)19-8/h6-9H,5H2,1-4H3/t6-,7-,8+,9+/m1/s1. The van der Waals surface area contributed by atoms with Crippen LogP contribution in [-0.4, -0.2) is 42.6 Å². The van der Waals surface area contributed by atoms with Crippen LogP contribution in [0.5, 0.6) is 0 Å². The van der Waals surface area contributed by atoms with Gasteiger partial charge in [-0.25, -0.2) is 0 Å². The summed E-state index contributed by atoms with van der Waals surface area (Å²) in [7, 11) is 0. The molecule has 0 unspecified atom stereocenters. The van der Waals surface area contributed by atoms with E-state index in [4.69, 9.17) is 23.7 Å². The maximum absolute atomic E-state index is 5.99. The lowest BCUT2D eigenvalue weighted by atomic mass is 10.1. The van der Waals surface area contributed by atoms with Crippen LogP contribution in [0.15, 0.2) is 9.15 Å². The van der Waals surface area contributed by atoms with E-state index in [1.807, 2.05) is 27.7 Å². The molecular weight excluding hydrogens is 396 g/mol. The first kappa shape index (κ1) is 15.2. The predicted octanol–water partition coefficient (Wildman–Crippen LogP) is 3.02. The molecule has 3 rings (SSSR count). The van der Waals surface area contributed by atoms with Gasteiger partial charge in [-0.2, -0.15) is 0 Å². The third kappa shape index (κ3) is 2.68. The summed E-state index contributed by atoms with van der Waals surface area (Å²) in [6.45, 7) is 8.08. The van der Waals surface area contributed by atoms with E-state index < -0.39 is 11.6 Å². The highest BCUT2D eigenvalue weighted by molar-refractivity contribution is 9.28. The number of halogens is 2. The van der Waals surface area contributed by atoms with Gasteiger partial charge >= 0.3 is 0 Å². The molecule has 114 valence electrons. The number of hydrogen-bond acceptors (Lipinski definition) is 5. The van der Waals surface area contributed by atoms with Crippen LogP contribution in [0, 0.1) is 0 Å². The third-order valence-electron chi connectivity index (χ3n) is 3.56. The summed E-state index contributed by atoms with van der Waals surface area (Å²) in [5.41, 5.74) is 0. The van der Waals surface area contributed by atoms with Crippen molar-refractivity contribution in [2.24, 2.45) is 0 Å². The predicted molar refractivity (Wildman–Crippen MR) is 78.5 cm³/mol. The second kappa shape index (κ2) is 4.93. The molecule has 3 saturated heterocycles. The minimum Gasteiger partial charge on any atom is -0.484 e. The molecular formula is C13H18Br2O5. The van der Waals surface area contributed by atoms with Crippen molar-refractivity contribution < 1.29 is 23.7 Å². The first-order valence-electron chi connectivity index (χ1n) is 6.58. The smallest absolute Gasteiger partial charge is 0.164 e. The molecule has 3 aliphatic rings. The fraction of sp³-hybridized carbons (Fsp3) is 0.846. The summed E-state index contributed by atoms with van der Waals surface area (Å²) in [5.74, 6) is -0.511. The van der Waals surface area contributed by atoms with Gasteiger partial charge in [-0.3, -0.25) is 0 Å². The van der Waals surface area contributed by atoms with Gasteiger partial charge in [-0.15, -0.1) is 0 Å². The highest BCUT2D eigenvalue weighted by Crippen LogP contribution is 2.46. The van der Waals surface area contributed by atoms with Crippen LogP contribution in [0.25, 0.3) is 0 Å². The van der Waals surface area contributed by atoms with E-state index in [0.717, 1.165) is 3.39 Å². The Kier molecular flexibility index (Phi) is 3.75. The van der Waals surface area contributed by atoms with Gasteiger partial charge in [-0.1, -0.05) is 0 Å². The normalized spacial score (nSPS) is 41.6. The lowest BCUT2D eigenvalue weighted by molar-refractivity contribution is -0.187. The Morgan fingerprint density at radius 3 is 2.25 bits per heavy atom. The number of rotatable bonds is 1. The van der Waals surface area contributed by atoms with Crippen LogP contribution in [0.1, 0.15) is 27.7 Å². The molecule has 0 radical (unpaired) electrons. The molecule has 0 aromatic rings. The zero-order valence-electron chi connectivity index (χ0n) is 11.8. The number of fused-ring (bicyclic) bond motifs is 1. The van der Waals surface area contributed by atoms with Crippen molar-refractivity contribution in [2.75, 3.05) is 6.61 Å². The van der Waals surface area contributed by atoms with Crippen LogP contribution in [0.4, 0.5) is 0 Å². The van der Waals surface area contributed by atoms with Gasteiger partial charge in [0.25, 0.3) is 0 Å². The fourth-order valence-corrected chi connectivity index (χ4v) is 3.47. The summed E-state index contributed by atoms with van der Waals surface area (Å²) in [6, 6.07) is 0. The largest absolute Gasteiger partial charge is 0.484 e. The molecule has 0 aromatic heterocycles. The van der Waals surface area contributed by atoms with Crippen LogP contribution in [-0.2, 0) is 23.7 Å². The summed E-state index contributed by atoms with van der Waals surface area (Å²) < 4.78 is 30.2. The maximum atomic E-state index is 5.99. The highest BCUT2D eigenvalue weighted by Gasteiger charge is 2.58. The number of hydrogen-bond donors (Lipinski definition) is 0. The molecule has 4 atom stereocenters. The van der Waals surface area contributed by atoms with Crippen molar-refractivity contribution in [2.45, 2.75) is 63.7 Å². The molecule has 0 spiro atoms. The monoisotopic (exact) mass is 412 g/mol. The van der Waals surface area contributed by atoms with Crippen LogP contribution in [0.3, 0.4) is 0 Å². The van der Waals surface area contributed by atoms with E-state index in [1.165, 1.54) is 0 Å². The average Bonchev–Trinajstić information content (AvgIpc) is 2.88. The van der Waals surface area contributed by atoms with Crippen LogP contribution < -0.4 is 0 Å². The van der Waals surface area contributed by atoms with Crippen molar-refractivity contribution in [3.63, 3.8) is 0 Å². The Balaban J connectivity index is 1.85. The van der Waals surface area contributed by atoms with Crippen LogP contribution >= 0.6 is 31.9 Å². The average molecular weight is 414 g/mol. The van der Waals surface area contributed by atoms with Crippen molar-refractivity contribution in [1.29, 1.82) is 0 Å². The summed E-state index contributed by atoms with van der Waals surface area (Å²) in [4.78, 5) is 0. The van der Waals surface area contributed by atoms with E-state index in [9.17, 15) is 0 Å². The molecule has 0 aromatic carbocycles. The molecule has 3 fully saturated rings. The Hall–Kier alpha value is 0.340. The van der Waals surface area contributed by atoms with Gasteiger partial charge in [0.2, 0.25) is 0 Å². The van der Waals surface area contributed by atoms with Gasteiger partial charge in [0, 0.05) is 0 Å².